The Morgan fingerprint density at radius 2 is 1.71 bits per heavy atom. The number of carbonyl (C=O) groups is 2. The molecular formula is C26H32N2O6. The van der Waals surface area contributed by atoms with Crippen molar-refractivity contribution in [1.82, 2.24) is 9.80 Å². The lowest BCUT2D eigenvalue weighted by Crippen LogP contribution is -2.35. The summed E-state index contributed by atoms with van der Waals surface area (Å²) in [6.45, 7) is 3.47. The average Bonchev–Trinajstić information content (AvgIpc) is 3.10. The van der Waals surface area contributed by atoms with Crippen LogP contribution in [-0.4, -0.2) is 74.6 Å². The van der Waals surface area contributed by atoms with Gasteiger partial charge in [-0.2, -0.15) is 0 Å². The Morgan fingerprint density at radius 1 is 1.03 bits per heavy atom. The molecule has 0 aromatic heterocycles. The largest absolute Gasteiger partial charge is 0.507 e. The van der Waals surface area contributed by atoms with E-state index < -0.39 is 17.7 Å². The number of ether oxygens (including phenoxy) is 3. The molecule has 1 N–H and O–H groups in total. The van der Waals surface area contributed by atoms with Gasteiger partial charge in [0.1, 0.15) is 11.5 Å². The maximum Gasteiger partial charge on any atom is 0.295 e. The average molecular weight is 469 g/mol. The number of likely N-dealkylation sites (tertiary alicyclic amines) is 1. The standard InChI is InChI=1S/C26H32N2O6/c1-6-15-34-19-10-7-17(8-11-19)24(29)22-23(18-9-12-20(32-4)21(16-18)33-5)28(14-13-27(2)3)26(31)25(22)30/h7-12,16,23,29H,6,13-15H2,1-5H3/b24-22+/t23-/m1/s1. The van der Waals surface area contributed by atoms with E-state index in [9.17, 15) is 14.7 Å². The van der Waals surface area contributed by atoms with E-state index in [0.29, 0.717) is 48.1 Å². The number of benzene rings is 2. The van der Waals surface area contributed by atoms with Crippen molar-refractivity contribution in [2.45, 2.75) is 19.4 Å². The number of aliphatic hydroxyl groups is 1. The highest BCUT2D eigenvalue weighted by Crippen LogP contribution is 2.41. The number of rotatable bonds is 10. The minimum atomic E-state index is -0.768. The number of Topliss-reactive ketones (excluding diaryl/α,β-unsaturated/α-hetero) is 1. The van der Waals surface area contributed by atoms with Gasteiger partial charge < -0.3 is 29.1 Å². The van der Waals surface area contributed by atoms with Crippen molar-refractivity contribution in [3.63, 3.8) is 0 Å². The van der Waals surface area contributed by atoms with Crippen molar-refractivity contribution in [2.75, 3.05) is 48.0 Å². The minimum absolute atomic E-state index is 0.0400. The summed E-state index contributed by atoms with van der Waals surface area (Å²) in [4.78, 5) is 29.6. The van der Waals surface area contributed by atoms with E-state index in [1.165, 1.54) is 19.1 Å². The van der Waals surface area contributed by atoms with E-state index in [2.05, 4.69) is 0 Å². The van der Waals surface area contributed by atoms with E-state index in [1.54, 1.807) is 42.5 Å². The lowest BCUT2D eigenvalue weighted by atomic mass is 9.95. The Morgan fingerprint density at radius 3 is 2.29 bits per heavy atom. The van der Waals surface area contributed by atoms with Crippen LogP contribution in [-0.2, 0) is 9.59 Å². The van der Waals surface area contributed by atoms with Gasteiger partial charge in [-0.15, -0.1) is 0 Å². The SMILES string of the molecule is CCCOc1ccc(/C(O)=C2\C(=O)C(=O)N(CCN(C)C)[C@@H]2c2ccc(OC)c(OC)c2)cc1. The molecule has 1 fully saturated rings. The fraction of sp³-hybridized carbons (Fsp3) is 0.385. The first-order chi connectivity index (χ1) is 16.3. The lowest BCUT2D eigenvalue weighted by Gasteiger charge is -2.27. The third-order valence-electron chi connectivity index (χ3n) is 5.65. The quantitative estimate of drug-likeness (QED) is 0.324. The van der Waals surface area contributed by atoms with Crippen LogP contribution in [0.5, 0.6) is 17.2 Å². The van der Waals surface area contributed by atoms with Gasteiger partial charge in [0.2, 0.25) is 0 Å². The van der Waals surface area contributed by atoms with Gasteiger partial charge in [0.25, 0.3) is 11.7 Å². The Bertz CT molecular complexity index is 1060. The molecule has 8 heteroatoms. The topological polar surface area (TPSA) is 88.5 Å². The molecule has 0 bridgehead atoms. The number of hydrogen-bond acceptors (Lipinski definition) is 7. The molecule has 1 aliphatic rings. The number of methoxy groups -OCH3 is 2. The summed E-state index contributed by atoms with van der Waals surface area (Å²) in [6.07, 6.45) is 0.878. The van der Waals surface area contributed by atoms with E-state index in [4.69, 9.17) is 14.2 Å². The zero-order valence-electron chi connectivity index (χ0n) is 20.3. The van der Waals surface area contributed by atoms with Crippen LogP contribution in [0.4, 0.5) is 0 Å². The number of carbonyl (C=O) groups excluding carboxylic acids is 2. The van der Waals surface area contributed by atoms with Crippen LogP contribution in [0.2, 0.25) is 0 Å². The van der Waals surface area contributed by atoms with Gasteiger partial charge in [-0.25, -0.2) is 0 Å². The maximum atomic E-state index is 13.1. The van der Waals surface area contributed by atoms with Crippen molar-refractivity contribution in [3.05, 3.63) is 59.2 Å². The predicted molar refractivity (Wildman–Crippen MR) is 129 cm³/mol. The van der Waals surface area contributed by atoms with E-state index >= 15 is 0 Å². The van der Waals surface area contributed by atoms with Crippen molar-refractivity contribution in [1.29, 1.82) is 0 Å². The van der Waals surface area contributed by atoms with Crippen LogP contribution in [0, 0.1) is 0 Å². The molecule has 0 radical (unpaired) electrons. The highest BCUT2D eigenvalue weighted by atomic mass is 16.5. The molecule has 0 spiro atoms. The molecule has 1 heterocycles. The third-order valence-corrected chi connectivity index (χ3v) is 5.65. The number of likely N-dealkylation sites (N-methyl/N-ethyl adjacent to an activating group) is 1. The molecule has 2 aromatic carbocycles. The van der Waals surface area contributed by atoms with E-state index in [1.807, 2.05) is 25.9 Å². The Labute approximate surface area is 200 Å². The molecule has 1 aliphatic heterocycles. The zero-order valence-corrected chi connectivity index (χ0v) is 20.3. The van der Waals surface area contributed by atoms with Crippen LogP contribution >= 0.6 is 0 Å². The number of nitrogens with zero attached hydrogens (tertiary/aromatic N) is 2. The molecular weight excluding hydrogens is 436 g/mol. The van der Waals surface area contributed by atoms with Crippen molar-refractivity contribution in [2.24, 2.45) is 0 Å². The molecule has 2 aromatic rings. The third kappa shape index (κ3) is 5.17. The molecule has 0 aliphatic carbocycles. The van der Waals surface area contributed by atoms with Crippen LogP contribution in [0.15, 0.2) is 48.0 Å². The van der Waals surface area contributed by atoms with Crippen molar-refractivity contribution < 1.29 is 28.9 Å². The lowest BCUT2D eigenvalue weighted by molar-refractivity contribution is -0.140. The second kappa shape index (κ2) is 11.1. The molecule has 1 amide bonds. The summed E-state index contributed by atoms with van der Waals surface area (Å²) in [7, 11) is 6.84. The molecule has 1 atom stereocenters. The van der Waals surface area contributed by atoms with E-state index in [-0.39, 0.29) is 11.3 Å². The summed E-state index contributed by atoms with van der Waals surface area (Å²) < 4.78 is 16.4. The summed E-state index contributed by atoms with van der Waals surface area (Å²) >= 11 is 0. The van der Waals surface area contributed by atoms with Gasteiger partial charge in [-0.05, 0) is 62.5 Å². The summed E-state index contributed by atoms with van der Waals surface area (Å²) in [5.41, 5.74) is 1.11. The predicted octanol–water partition coefficient (Wildman–Crippen LogP) is 3.48. The molecule has 8 nitrogen and oxygen atoms in total. The van der Waals surface area contributed by atoms with Gasteiger partial charge in [-0.1, -0.05) is 13.0 Å². The molecule has 182 valence electrons. The normalized spacial score (nSPS) is 17.4. The number of hydrogen-bond donors (Lipinski definition) is 1. The van der Waals surface area contributed by atoms with Gasteiger partial charge in [0.15, 0.2) is 11.5 Å². The van der Waals surface area contributed by atoms with Gasteiger partial charge >= 0.3 is 0 Å². The fourth-order valence-corrected chi connectivity index (χ4v) is 3.87. The monoisotopic (exact) mass is 468 g/mol. The van der Waals surface area contributed by atoms with Gasteiger partial charge in [0.05, 0.1) is 32.4 Å². The molecule has 1 saturated heterocycles. The zero-order chi connectivity index (χ0) is 24.8. The Balaban J connectivity index is 2.10. The number of aliphatic hydroxyl groups excluding tert-OH is 1. The van der Waals surface area contributed by atoms with Crippen LogP contribution < -0.4 is 14.2 Å². The highest BCUT2D eigenvalue weighted by molar-refractivity contribution is 6.46. The Kier molecular flexibility index (Phi) is 8.17. The summed E-state index contributed by atoms with van der Waals surface area (Å²) in [6, 6.07) is 11.3. The van der Waals surface area contributed by atoms with E-state index in [0.717, 1.165) is 6.42 Å². The molecule has 34 heavy (non-hydrogen) atoms. The molecule has 3 rings (SSSR count). The fourth-order valence-electron chi connectivity index (χ4n) is 3.87. The smallest absolute Gasteiger partial charge is 0.295 e. The van der Waals surface area contributed by atoms with Gasteiger partial charge in [-0.3, -0.25) is 9.59 Å². The summed E-state index contributed by atoms with van der Waals surface area (Å²) in [5.74, 6) is 0.0667. The van der Waals surface area contributed by atoms with Crippen LogP contribution in [0.3, 0.4) is 0 Å². The molecule has 0 unspecified atom stereocenters. The van der Waals surface area contributed by atoms with Crippen LogP contribution in [0.1, 0.15) is 30.5 Å². The Hall–Kier alpha value is -3.52. The summed E-state index contributed by atoms with van der Waals surface area (Å²) in [5, 5.41) is 11.2. The number of ketones is 1. The second-order valence-corrected chi connectivity index (χ2v) is 8.28. The van der Waals surface area contributed by atoms with Crippen molar-refractivity contribution in [3.8, 4) is 17.2 Å². The van der Waals surface area contributed by atoms with Crippen molar-refractivity contribution >= 4 is 17.4 Å². The highest BCUT2D eigenvalue weighted by Gasteiger charge is 2.46. The second-order valence-electron chi connectivity index (χ2n) is 8.28. The molecule has 0 saturated carbocycles. The minimum Gasteiger partial charge on any atom is -0.507 e. The van der Waals surface area contributed by atoms with Gasteiger partial charge in [0, 0.05) is 18.7 Å². The first kappa shape index (κ1) is 25.1. The first-order valence-corrected chi connectivity index (χ1v) is 11.2. The number of amides is 1. The van der Waals surface area contributed by atoms with Crippen LogP contribution in [0.25, 0.3) is 5.76 Å². The first-order valence-electron chi connectivity index (χ1n) is 11.2. The maximum absolute atomic E-state index is 13.1.